The normalized spacial score (nSPS) is 17.6. The van der Waals surface area contributed by atoms with E-state index in [0.717, 1.165) is 25.9 Å². The number of nitrogens with zero attached hydrogens (tertiary/aromatic N) is 1. The van der Waals surface area contributed by atoms with Crippen LogP contribution in [-0.4, -0.2) is 54.5 Å². The summed E-state index contributed by atoms with van der Waals surface area (Å²) in [6, 6.07) is -0.640. The van der Waals surface area contributed by atoms with Gasteiger partial charge in [-0.2, -0.15) is 0 Å². The summed E-state index contributed by atoms with van der Waals surface area (Å²) in [4.78, 5) is 24.7. The molecule has 2 N–H and O–H groups in total. The molecule has 1 aliphatic rings. The van der Waals surface area contributed by atoms with E-state index in [0.29, 0.717) is 11.5 Å². The van der Waals surface area contributed by atoms with E-state index in [1.165, 1.54) is 25.3 Å². The lowest BCUT2D eigenvalue weighted by molar-refractivity contribution is -0.141. The lowest BCUT2D eigenvalue weighted by atomic mass is 10.1. The number of hydrogen-bond donors (Lipinski definition) is 1. The third-order valence-electron chi connectivity index (χ3n) is 2.74. The number of thioether (sulfide) groups is 1. The maximum Gasteiger partial charge on any atom is 0.323 e. The van der Waals surface area contributed by atoms with Crippen molar-refractivity contribution in [1.82, 2.24) is 4.90 Å². The molecule has 0 spiro atoms. The Bertz CT molecular complexity index is 267. The summed E-state index contributed by atoms with van der Waals surface area (Å²) in [6.45, 7) is 1.73. The second-order valence-corrected chi connectivity index (χ2v) is 5.12. The van der Waals surface area contributed by atoms with Gasteiger partial charge in [0.15, 0.2) is 0 Å². The highest BCUT2D eigenvalue weighted by Crippen LogP contribution is 2.11. The summed E-state index contributed by atoms with van der Waals surface area (Å²) in [6.07, 6.45) is 3.40. The molecule has 1 amide bonds. The van der Waals surface area contributed by atoms with Gasteiger partial charge in [0.05, 0.1) is 12.9 Å². The Morgan fingerprint density at radius 1 is 1.35 bits per heavy atom. The maximum absolute atomic E-state index is 11.8. The van der Waals surface area contributed by atoms with E-state index >= 15 is 0 Å². The molecule has 0 aliphatic carbocycles. The van der Waals surface area contributed by atoms with Crippen molar-refractivity contribution >= 4 is 23.6 Å². The van der Waals surface area contributed by atoms with E-state index in [4.69, 9.17) is 5.73 Å². The van der Waals surface area contributed by atoms with E-state index in [2.05, 4.69) is 4.74 Å². The highest BCUT2D eigenvalue weighted by molar-refractivity contribution is 8.00. The number of likely N-dealkylation sites (tertiary alicyclic amines) is 1. The van der Waals surface area contributed by atoms with E-state index in [1.807, 2.05) is 4.90 Å². The van der Waals surface area contributed by atoms with Gasteiger partial charge in [0.25, 0.3) is 0 Å². The fourth-order valence-electron chi connectivity index (χ4n) is 1.73. The van der Waals surface area contributed by atoms with Crippen LogP contribution in [0.4, 0.5) is 0 Å². The van der Waals surface area contributed by atoms with Crippen molar-refractivity contribution in [3.8, 4) is 0 Å². The zero-order valence-corrected chi connectivity index (χ0v) is 11.0. The van der Waals surface area contributed by atoms with Crippen molar-refractivity contribution in [2.24, 2.45) is 5.73 Å². The summed E-state index contributed by atoms with van der Waals surface area (Å²) in [5, 5.41) is 0. The van der Waals surface area contributed by atoms with Gasteiger partial charge in [-0.15, -0.1) is 11.8 Å². The predicted octanol–water partition coefficient (Wildman–Crippen LogP) is 0.232. The minimum absolute atomic E-state index is 0.145. The van der Waals surface area contributed by atoms with Gasteiger partial charge in [-0.25, -0.2) is 0 Å². The third kappa shape index (κ3) is 4.95. The van der Waals surface area contributed by atoms with Gasteiger partial charge in [-0.05, 0) is 19.3 Å². The van der Waals surface area contributed by atoms with E-state index in [-0.39, 0.29) is 5.91 Å². The van der Waals surface area contributed by atoms with Crippen LogP contribution >= 0.6 is 11.8 Å². The van der Waals surface area contributed by atoms with Crippen LogP contribution in [0.25, 0.3) is 0 Å². The Kier molecular flexibility index (Phi) is 6.36. The predicted molar refractivity (Wildman–Crippen MR) is 67.7 cm³/mol. The SMILES string of the molecule is COC(=O)C(N)CSCC(=O)N1CCCCC1. The summed E-state index contributed by atoms with van der Waals surface area (Å²) in [5.74, 6) is 0.534. The molecule has 1 saturated heterocycles. The Morgan fingerprint density at radius 3 is 2.59 bits per heavy atom. The molecule has 5 nitrogen and oxygen atoms in total. The average molecular weight is 260 g/mol. The Labute approximate surface area is 106 Å². The summed E-state index contributed by atoms with van der Waals surface area (Å²) < 4.78 is 4.51. The second kappa shape index (κ2) is 7.55. The van der Waals surface area contributed by atoms with Crippen LogP contribution in [-0.2, 0) is 14.3 Å². The van der Waals surface area contributed by atoms with E-state index in [1.54, 1.807) is 0 Å². The lowest BCUT2D eigenvalue weighted by Gasteiger charge is -2.26. The zero-order chi connectivity index (χ0) is 12.7. The molecule has 0 bridgehead atoms. The molecule has 0 aromatic rings. The quantitative estimate of drug-likeness (QED) is 0.717. The first-order chi connectivity index (χ1) is 8.15. The van der Waals surface area contributed by atoms with Crippen molar-refractivity contribution in [1.29, 1.82) is 0 Å². The molecule has 1 rings (SSSR count). The molecule has 0 aromatic carbocycles. The minimum Gasteiger partial charge on any atom is -0.468 e. The number of methoxy groups -OCH3 is 1. The molecule has 98 valence electrons. The van der Waals surface area contributed by atoms with Crippen molar-refractivity contribution in [2.75, 3.05) is 31.7 Å². The van der Waals surface area contributed by atoms with Crippen molar-refractivity contribution in [3.05, 3.63) is 0 Å². The first-order valence-electron chi connectivity index (χ1n) is 5.84. The van der Waals surface area contributed by atoms with Crippen LogP contribution in [0.15, 0.2) is 0 Å². The highest BCUT2D eigenvalue weighted by atomic mass is 32.2. The molecule has 1 fully saturated rings. The number of hydrogen-bond acceptors (Lipinski definition) is 5. The molecule has 1 unspecified atom stereocenters. The Balaban J connectivity index is 2.17. The molecule has 17 heavy (non-hydrogen) atoms. The fraction of sp³-hybridized carbons (Fsp3) is 0.818. The van der Waals surface area contributed by atoms with Gasteiger partial charge in [-0.3, -0.25) is 9.59 Å². The Morgan fingerprint density at radius 2 is 2.00 bits per heavy atom. The molecule has 6 heteroatoms. The highest BCUT2D eigenvalue weighted by Gasteiger charge is 2.18. The van der Waals surface area contributed by atoms with Gasteiger partial charge in [-0.1, -0.05) is 0 Å². The first-order valence-corrected chi connectivity index (χ1v) is 6.99. The number of ether oxygens (including phenoxy) is 1. The number of carbonyl (C=O) groups is 2. The van der Waals surface area contributed by atoms with Crippen molar-refractivity contribution in [2.45, 2.75) is 25.3 Å². The van der Waals surface area contributed by atoms with Crippen LogP contribution in [0.3, 0.4) is 0 Å². The van der Waals surface area contributed by atoms with Gasteiger partial charge in [0.1, 0.15) is 6.04 Å². The zero-order valence-electron chi connectivity index (χ0n) is 10.2. The summed E-state index contributed by atoms with van der Waals surface area (Å²) in [5.41, 5.74) is 5.57. The number of esters is 1. The van der Waals surface area contributed by atoms with Crippen LogP contribution in [0.2, 0.25) is 0 Å². The summed E-state index contributed by atoms with van der Waals surface area (Å²) in [7, 11) is 1.31. The molecule has 0 radical (unpaired) electrons. The molecular formula is C11H20N2O3S. The second-order valence-electron chi connectivity index (χ2n) is 4.09. The minimum atomic E-state index is -0.640. The first kappa shape index (κ1) is 14.3. The van der Waals surface area contributed by atoms with Crippen LogP contribution in [0.1, 0.15) is 19.3 Å². The van der Waals surface area contributed by atoms with E-state index < -0.39 is 12.0 Å². The number of carbonyl (C=O) groups excluding carboxylic acids is 2. The molecule has 1 heterocycles. The van der Waals surface area contributed by atoms with Crippen molar-refractivity contribution in [3.63, 3.8) is 0 Å². The molecule has 1 atom stereocenters. The molecule has 0 aromatic heterocycles. The number of nitrogens with two attached hydrogens (primary N) is 1. The van der Waals surface area contributed by atoms with Gasteiger partial charge in [0, 0.05) is 18.8 Å². The molecule has 1 aliphatic heterocycles. The van der Waals surface area contributed by atoms with Gasteiger partial charge in [0.2, 0.25) is 5.91 Å². The van der Waals surface area contributed by atoms with E-state index in [9.17, 15) is 9.59 Å². The van der Waals surface area contributed by atoms with Crippen molar-refractivity contribution < 1.29 is 14.3 Å². The topological polar surface area (TPSA) is 72.6 Å². The third-order valence-corrected chi connectivity index (χ3v) is 3.78. The average Bonchev–Trinajstić information content (AvgIpc) is 2.38. The standard InChI is InChI=1S/C11H20N2O3S/c1-16-11(15)9(12)7-17-8-10(14)13-5-3-2-4-6-13/h9H,2-8,12H2,1H3. The maximum atomic E-state index is 11.8. The number of amides is 1. The number of piperidine rings is 1. The van der Waals surface area contributed by atoms with Crippen LogP contribution in [0.5, 0.6) is 0 Å². The molecular weight excluding hydrogens is 240 g/mol. The van der Waals surface area contributed by atoms with Gasteiger partial charge >= 0.3 is 5.97 Å². The monoisotopic (exact) mass is 260 g/mol. The fourth-order valence-corrected chi connectivity index (χ4v) is 2.59. The number of rotatable bonds is 5. The lowest BCUT2D eigenvalue weighted by Crippen LogP contribution is -2.38. The molecule has 0 saturated carbocycles. The smallest absolute Gasteiger partial charge is 0.323 e. The largest absolute Gasteiger partial charge is 0.468 e. The van der Waals surface area contributed by atoms with Gasteiger partial charge < -0.3 is 15.4 Å². The van der Waals surface area contributed by atoms with Crippen LogP contribution < -0.4 is 5.73 Å². The summed E-state index contributed by atoms with van der Waals surface area (Å²) >= 11 is 1.39. The Hall–Kier alpha value is -0.750. The van der Waals surface area contributed by atoms with Crippen LogP contribution in [0, 0.1) is 0 Å².